The number of aromatic nitrogens is 2. The van der Waals surface area contributed by atoms with Gasteiger partial charge < -0.3 is 20.0 Å². The maximum Gasteiger partial charge on any atom is 0.286 e. The van der Waals surface area contributed by atoms with Crippen molar-refractivity contribution in [3.8, 4) is 0 Å². The molecular formula is C28H41N5O4S. The van der Waals surface area contributed by atoms with Gasteiger partial charge in [0.25, 0.3) is 17.0 Å². The molecular weight excluding hydrogens is 502 g/mol. The third-order valence-corrected chi connectivity index (χ3v) is 7.24. The number of nitrogens with one attached hydrogen (secondary N) is 2. The third kappa shape index (κ3) is 8.66. The van der Waals surface area contributed by atoms with Gasteiger partial charge in [-0.25, -0.2) is 0 Å². The van der Waals surface area contributed by atoms with Gasteiger partial charge in [-0.1, -0.05) is 64.4 Å². The molecule has 0 bridgehead atoms. The van der Waals surface area contributed by atoms with Gasteiger partial charge in [-0.2, -0.15) is 0 Å². The van der Waals surface area contributed by atoms with Crippen molar-refractivity contribution in [2.45, 2.75) is 88.9 Å². The van der Waals surface area contributed by atoms with Crippen molar-refractivity contribution in [3.63, 3.8) is 0 Å². The summed E-state index contributed by atoms with van der Waals surface area (Å²) in [5, 5.41) is 14.5. The Morgan fingerprint density at radius 1 is 1.11 bits per heavy atom. The fraction of sp³-hybridized carbons (Fsp3) is 0.607. The Morgan fingerprint density at radius 2 is 1.84 bits per heavy atom. The van der Waals surface area contributed by atoms with Crippen LogP contribution in [0.4, 0.5) is 0 Å². The summed E-state index contributed by atoms with van der Waals surface area (Å²) in [5.41, 5.74) is 1.63. The van der Waals surface area contributed by atoms with Crippen LogP contribution < -0.4 is 10.6 Å². The van der Waals surface area contributed by atoms with E-state index in [0.717, 1.165) is 24.9 Å². The number of hydrogen-bond donors (Lipinski definition) is 2. The molecule has 0 spiro atoms. The van der Waals surface area contributed by atoms with Crippen molar-refractivity contribution in [3.05, 3.63) is 41.3 Å². The summed E-state index contributed by atoms with van der Waals surface area (Å²) >= 11 is 1.38. The number of benzene rings is 1. The topological polar surface area (TPSA) is 117 Å². The molecule has 2 amide bonds. The Kier molecular flexibility index (Phi) is 10.9. The molecule has 0 aliphatic heterocycles. The molecule has 1 heterocycles. The standard InChI is InChI=1S/C28H41N5O4S/c1-17(2)14-23(24(34)27-31-32-28(37-27)38-18(3)4)30-26(36)21-12-7-8-13-22(21)29-25(35)20-11-9-10-19(15-20)16-33(5)6/h9-11,15,17-18,21-23H,7-8,12-14,16H2,1-6H3,(H,29,35)(H,30,36)/t21-,22+,23?/m1/s1. The molecule has 38 heavy (non-hydrogen) atoms. The molecule has 1 saturated carbocycles. The van der Waals surface area contributed by atoms with E-state index in [4.69, 9.17) is 4.42 Å². The molecule has 1 fully saturated rings. The first-order valence-corrected chi connectivity index (χ1v) is 14.3. The zero-order chi connectivity index (χ0) is 27.8. The first-order chi connectivity index (χ1) is 18.0. The highest BCUT2D eigenvalue weighted by molar-refractivity contribution is 7.99. The second kappa shape index (κ2) is 13.9. The number of ketones is 1. The highest BCUT2D eigenvalue weighted by atomic mass is 32.2. The van der Waals surface area contributed by atoms with Crippen molar-refractivity contribution in [2.24, 2.45) is 11.8 Å². The fourth-order valence-electron chi connectivity index (χ4n) is 4.73. The van der Waals surface area contributed by atoms with Gasteiger partial charge >= 0.3 is 0 Å². The molecule has 0 saturated heterocycles. The largest absolute Gasteiger partial charge is 0.408 e. The summed E-state index contributed by atoms with van der Waals surface area (Å²) in [6, 6.07) is 6.47. The molecule has 1 aromatic heterocycles. The number of Topliss-reactive ketones (excluding diaryl/α,β-unsaturated/α-hetero) is 1. The lowest BCUT2D eigenvalue weighted by Crippen LogP contribution is -2.52. The molecule has 2 N–H and O–H groups in total. The number of carbonyl (C=O) groups excluding carboxylic acids is 3. The Morgan fingerprint density at radius 3 is 2.53 bits per heavy atom. The average molecular weight is 544 g/mol. The number of nitrogens with zero attached hydrogens (tertiary/aromatic N) is 3. The van der Waals surface area contributed by atoms with E-state index in [-0.39, 0.29) is 40.7 Å². The predicted octanol–water partition coefficient (Wildman–Crippen LogP) is 4.33. The van der Waals surface area contributed by atoms with E-state index in [1.165, 1.54) is 11.8 Å². The van der Waals surface area contributed by atoms with E-state index >= 15 is 0 Å². The minimum Gasteiger partial charge on any atom is -0.408 e. The molecule has 9 nitrogen and oxygen atoms in total. The Hall–Kier alpha value is -2.72. The number of hydrogen-bond acceptors (Lipinski definition) is 8. The highest BCUT2D eigenvalue weighted by Gasteiger charge is 2.35. The lowest BCUT2D eigenvalue weighted by atomic mass is 9.83. The Labute approximate surface area is 229 Å². The first kappa shape index (κ1) is 29.8. The molecule has 10 heteroatoms. The first-order valence-electron chi connectivity index (χ1n) is 13.4. The minimum atomic E-state index is -0.777. The van der Waals surface area contributed by atoms with Crippen LogP contribution in [0.3, 0.4) is 0 Å². The molecule has 2 aromatic rings. The van der Waals surface area contributed by atoms with Gasteiger partial charge in [-0.15, -0.1) is 10.2 Å². The van der Waals surface area contributed by atoms with E-state index in [9.17, 15) is 14.4 Å². The number of thioether (sulfide) groups is 1. The van der Waals surface area contributed by atoms with E-state index in [0.29, 0.717) is 30.0 Å². The second-order valence-corrected chi connectivity index (χ2v) is 12.5. The summed E-state index contributed by atoms with van der Waals surface area (Å²) in [7, 11) is 3.97. The Balaban J connectivity index is 1.71. The maximum atomic E-state index is 13.5. The predicted molar refractivity (Wildman–Crippen MR) is 148 cm³/mol. The van der Waals surface area contributed by atoms with Gasteiger partial charge in [-0.05, 0) is 57.0 Å². The minimum absolute atomic E-state index is 0.0924. The van der Waals surface area contributed by atoms with Crippen molar-refractivity contribution in [1.29, 1.82) is 0 Å². The third-order valence-electron chi connectivity index (χ3n) is 6.40. The summed E-state index contributed by atoms with van der Waals surface area (Å²) in [6.07, 6.45) is 3.63. The normalized spacial score (nSPS) is 18.6. The molecule has 1 aliphatic carbocycles. The molecule has 3 atom stereocenters. The fourth-order valence-corrected chi connectivity index (χ4v) is 5.35. The molecule has 1 aromatic carbocycles. The lowest BCUT2D eigenvalue weighted by molar-refractivity contribution is -0.127. The zero-order valence-corrected chi connectivity index (χ0v) is 24.1. The smallest absolute Gasteiger partial charge is 0.286 e. The van der Waals surface area contributed by atoms with Crippen molar-refractivity contribution in [2.75, 3.05) is 14.1 Å². The van der Waals surface area contributed by atoms with Crippen LogP contribution in [-0.4, -0.2) is 64.1 Å². The van der Waals surface area contributed by atoms with Crippen LogP contribution in [0, 0.1) is 11.8 Å². The van der Waals surface area contributed by atoms with Gasteiger partial charge in [0.05, 0.1) is 12.0 Å². The van der Waals surface area contributed by atoms with Gasteiger partial charge in [0.15, 0.2) is 0 Å². The number of rotatable bonds is 12. The summed E-state index contributed by atoms with van der Waals surface area (Å²) in [6.45, 7) is 8.72. The SMILES string of the molecule is CC(C)CC(NC(=O)[C@@H]1CCCC[C@@H]1NC(=O)c1cccc(CN(C)C)c1)C(=O)c1nnc(SC(C)C)o1. The monoisotopic (exact) mass is 543 g/mol. The van der Waals surface area contributed by atoms with E-state index in [1.54, 1.807) is 6.07 Å². The van der Waals surface area contributed by atoms with Gasteiger partial charge in [-0.3, -0.25) is 14.4 Å². The summed E-state index contributed by atoms with van der Waals surface area (Å²) in [4.78, 5) is 41.9. The van der Waals surface area contributed by atoms with Gasteiger partial charge in [0.1, 0.15) is 0 Å². The van der Waals surface area contributed by atoms with Crippen LogP contribution >= 0.6 is 11.8 Å². The summed E-state index contributed by atoms with van der Waals surface area (Å²) in [5.74, 6) is -1.16. The van der Waals surface area contributed by atoms with Crippen LogP contribution in [0.1, 0.15) is 86.4 Å². The molecule has 208 valence electrons. The van der Waals surface area contributed by atoms with Crippen LogP contribution in [0.2, 0.25) is 0 Å². The van der Waals surface area contributed by atoms with E-state index in [2.05, 4.69) is 20.8 Å². The molecule has 1 unspecified atom stereocenters. The highest BCUT2D eigenvalue weighted by Crippen LogP contribution is 2.26. The van der Waals surface area contributed by atoms with Crippen molar-refractivity contribution in [1.82, 2.24) is 25.7 Å². The number of amides is 2. The van der Waals surface area contributed by atoms with E-state index in [1.807, 2.05) is 64.9 Å². The second-order valence-electron chi connectivity index (χ2n) is 11.0. The van der Waals surface area contributed by atoms with Crippen LogP contribution in [0.15, 0.2) is 33.9 Å². The van der Waals surface area contributed by atoms with Crippen molar-refractivity contribution >= 4 is 29.4 Å². The van der Waals surface area contributed by atoms with Crippen LogP contribution in [0.5, 0.6) is 0 Å². The zero-order valence-electron chi connectivity index (χ0n) is 23.3. The van der Waals surface area contributed by atoms with Gasteiger partial charge in [0.2, 0.25) is 11.7 Å². The molecule has 0 radical (unpaired) electrons. The maximum absolute atomic E-state index is 13.5. The molecule has 3 rings (SSSR count). The number of carbonyl (C=O) groups is 3. The molecule has 1 aliphatic rings. The average Bonchev–Trinajstić information content (AvgIpc) is 3.30. The summed E-state index contributed by atoms with van der Waals surface area (Å²) < 4.78 is 5.58. The Bertz CT molecular complexity index is 1100. The van der Waals surface area contributed by atoms with E-state index < -0.39 is 12.0 Å². The van der Waals surface area contributed by atoms with Crippen LogP contribution in [-0.2, 0) is 11.3 Å². The van der Waals surface area contributed by atoms with Crippen molar-refractivity contribution < 1.29 is 18.8 Å². The lowest BCUT2D eigenvalue weighted by Gasteiger charge is -2.32. The quantitative estimate of drug-likeness (QED) is 0.300. The van der Waals surface area contributed by atoms with Crippen LogP contribution in [0.25, 0.3) is 0 Å². The van der Waals surface area contributed by atoms with Gasteiger partial charge in [0, 0.05) is 23.4 Å².